The van der Waals surface area contributed by atoms with Crippen LogP contribution in [0, 0.1) is 6.92 Å². The Balaban J connectivity index is 1.16. The third kappa shape index (κ3) is 4.74. The number of nitrogens with one attached hydrogen (secondary N) is 1. The fourth-order valence-corrected chi connectivity index (χ4v) is 6.14. The number of carbonyl (C=O) groups excluding carboxylic acids is 1. The first-order valence-electron chi connectivity index (χ1n) is 14.2. The Morgan fingerprint density at radius 3 is 2.63 bits per heavy atom. The number of nitrogens with zero attached hydrogens (tertiary/aromatic N) is 8. The normalized spacial score (nSPS) is 17.8. The van der Waals surface area contributed by atoms with Gasteiger partial charge >= 0.3 is 0 Å². The zero-order chi connectivity index (χ0) is 29.7. The van der Waals surface area contributed by atoms with E-state index in [9.17, 15) is 4.79 Å². The van der Waals surface area contributed by atoms with Gasteiger partial charge in [0.25, 0.3) is 0 Å². The van der Waals surface area contributed by atoms with Gasteiger partial charge in [-0.05, 0) is 61.7 Å². The first kappa shape index (κ1) is 26.6. The van der Waals surface area contributed by atoms with Crippen LogP contribution in [0.2, 0.25) is 0 Å². The van der Waals surface area contributed by atoms with Crippen LogP contribution in [-0.4, -0.2) is 73.0 Å². The van der Waals surface area contributed by atoms with Gasteiger partial charge in [-0.1, -0.05) is 11.8 Å². The average molecular weight is 578 g/mol. The van der Waals surface area contributed by atoms with Crippen molar-refractivity contribution in [2.45, 2.75) is 31.8 Å². The van der Waals surface area contributed by atoms with Gasteiger partial charge in [-0.2, -0.15) is 0 Å². The molecule has 2 aliphatic heterocycles. The molecule has 0 aliphatic carbocycles. The van der Waals surface area contributed by atoms with Gasteiger partial charge in [-0.15, -0.1) is 5.10 Å². The predicted octanol–water partition coefficient (Wildman–Crippen LogP) is 4.53. The van der Waals surface area contributed by atoms with Gasteiger partial charge < -0.3 is 24.6 Å². The number of carbonyl (C=O) groups is 1. The number of fused-ring (bicyclic) bond motifs is 4. The van der Waals surface area contributed by atoms with Crippen LogP contribution in [-0.2, 0) is 11.8 Å². The van der Waals surface area contributed by atoms with E-state index in [-0.39, 0.29) is 18.0 Å². The van der Waals surface area contributed by atoms with E-state index in [1.807, 2.05) is 61.3 Å². The lowest BCUT2D eigenvalue weighted by Gasteiger charge is -2.41. The maximum atomic E-state index is 12.4. The van der Waals surface area contributed by atoms with Crippen LogP contribution in [0.15, 0.2) is 61.4 Å². The fraction of sp³-hybridized carbons (Fsp3) is 0.290. The number of hydrogen-bond acceptors (Lipinski definition) is 10. The molecule has 2 bridgehead atoms. The number of anilines is 3. The Hall–Kier alpha value is -5.26. The number of rotatable bonds is 7. The van der Waals surface area contributed by atoms with Crippen LogP contribution in [0.1, 0.15) is 18.4 Å². The molecule has 12 nitrogen and oxygen atoms in total. The summed E-state index contributed by atoms with van der Waals surface area (Å²) in [4.78, 5) is 30.6. The zero-order valence-corrected chi connectivity index (χ0v) is 24.2. The van der Waals surface area contributed by atoms with Crippen LogP contribution in [0.5, 0.6) is 17.2 Å². The number of amides is 1. The summed E-state index contributed by atoms with van der Waals surface area (Å²) in [6.07, 6.45) is 4.90. The van der Waals surface area contributed by atoms with Gasteiger partial charge in [0.2, 0.25) is 5.91 Å². The topological polar surface area (TPSA) is 123 Å². The molecule has 0 radical (unpaired) electrons. The van der Waals surface area contributed by atoms with Crippen molar-refractivity contribution in [3.05, 3.63) is 67.0 Å². The molecule has 2 fully saturated rings. The minimum atomic E-state index is 0.00531. The summed E-state index contributed by atoms with van der Waals surface area (Å²) < 4.78 is 13.7. The van der Waals surface area contributed by atoms with Crippen molar-refractivity contribution >= 4 is 45.3 Å². The highest BCUT2D eigenvalue weighted by atomic mass is 16.5. The quantitative estimate of drug-likeness (QED) is 0.276. The SMILES string of the molecule is C=CC(=O)N1C2CCC1CN(c1ccc3ncnc(Nc4cc(C)c(Oc5ccc6c(c5)nnn6C)cc4OC)c3n1)C2. The second-order valence-corrected chi connectivity index (χ2v) is 10.9. The minimum absolute atomic E-state index is 0.00531. The molecule has 2 saturated heterocycles. The number of piperazine rings is 1. The first-order valence-corrected chi connectivity index (χ1v) is 14.2. The molecule has 1 N–H and O–H groups in total. The third-order valence-corrected chi connectivity index (χ3v) is 8.26. The summed E-state index contributed by atoms with van der Waals surface area (Å²) in [6.45, 7) is 7.10. The summed E-state index contributed by atoms with van der Waals surface area (Å²) in [5.41, 5.74) is 4.67. The summed E-state index contributed by atoms with van der Waals surface area (Å²) in [5.74, 6) is 3.30. The van der Waals surface area contributed by atoms with Crippen LogP contribution in [0.25, 0.3) is 22.1 Å². The standard InChI is InChI=1S/C31H31N9O3/c1-5-29(41)40-19-6-7-20(40)16-39(15-19)28-11-9-22-30(35-28)31(33-17-32-22)34-24-12-18(2)26(14-27(24)42-4)43-21-8-10-25-23(13-21)36-37-38(25)3/h5,8-14,17,19-20H,1,6-7,15-16H2,2-4H3,(H,32,33,34). The van der Waals surface area contributed by atoms with Crippen molar-refractivity contribution in [2.75, 3.05) is 30.4 Å². The number of benzene rings is 2. The molecule has 0 spiro atoms. The van der Waals surface area contributed by atoms with Gasteiger partial charge in [0.1, 0.15) is 40.4 Å². The first-order chi connectivity index (χ1) is 20.9. The smallest absolute Gasteiger partial charge is 0.246 e. The average Bonchev–Trinajstić information content (AvgIpc) is 3.52. The van der Waals surface area contributed by atoms with E-state index in [0.29, 0.717) is 28.6 Å². The Bertz CT molecular complexity index is 1870. The minimum Gasteiger partial charge on any atom is -0.494 e. The highest BCUT2D eigenvalue weighted by Gasteiger charge is 2.42. The van der Waals surface area contributed by atoms with Gasteiger partial charge in [-0.3, -0.25) is 4.79 Å². The number of pyridine rings is 1. The van der Waals surface area contributed by atoms with Crippen LogP contribution in [0.3, 0.4) is 0 Å². The predicted molar refractivity (Wildman–Crippen MR) is 163 cm³/mol. The molecule has 3 aromatic heterocycles. The number of aryl methyl sites for hydroxylation is 2. The van der Waals surface area contributed by atoms with E-state index in [1.165, 1.54) is 12.4 Å². The number of aromatic nitrogens is 6. The molecule has 12 heteroatoms. The Labute approximate surface area is 247 Å². The van der Waals surface area contributed by atoms with Crippen molar-refractivity contribution < 1.29 is 14.3 Å². The monoisotopic (exact) mass is 577 g/mol. The van der Waals surface area contributed by atoms with Crippen molar-refractivity contribution in [3.63, 3.8) is 0 Å². The van der Waals surface area contributed by atoms with Crippen LogP contribution < -0.4 is 19.7 Å². The fourth-order valence-electron chi connectivity index (χ4n) is 6.14. The Kier molecular flexibility index (Phi) is 6.52. The summed E-state index contributed by atoms with van der Waals surface area (Å²) in [6, 6.07) is 13.7. The van der Waals surface area contributed by atoms with E-state index < -0.39 is 0 Å². The summed E-state index contributed by atoms with van der Waals surface area (Å²) in [7, 11) is 3.47. The molecule has 43 heavy (non-hydrogen) atoms. The molecule has 2 aromatic carbocycles. The largest absolute Gasteiger partial charge is 0.494 e. The molecule has 1 amide bonds. The number of ether oxygens (including phenoxy) is 2. The molecular formula is C31H31N9O3. The lowest BCUT2D eigenvalue weighted by atomic mass is 10.1. The molecule has 2 atom stereocenters. The van der Waals surface area contributed by atoms with Crippen molar-refractivity contribution in [3.8, 4) is 17.2 Å². The van der Waals surface area contributed by atoms with E-state index in [0.717, 1.165) is 59.5 Å². The zero-order valence-electron chi connectivity index (χ0n) is 24.2. The van der Waals surface area contributed by atoms with Crippen LogP contribution in [0.4, 0.5) is 17.3 Å². The lowest BCUT2D eigenvalue weighted by molar-refractivity contribution is -0.129. The lowest BCUT2D eigenvalue weighted by Crippen LogP contribution is -2.55. The van der Waals surface area contributed by atoms with Gasteiger partial charge in [0.05, 0.1) is 23.8 Å². The molecule has 218 valence electrons. The highest BCUT2D eigenvalue weighted by molar-refractivity contribution is 5.90. The van der Waals surface area contributed by atoms with Crippen LogP contribution >= 0.6 is 0 Å². The molecule has 5 aromatic rings. The van der Waals surface area contributed by atoms with E-state index >= 15 is 0 Å². The van der Waals surface area contributed by atoms with Gasteiger partial charge in [0.15, 0.2) is 5.82 Å². The highest BCUT2D eigenvalue weighted by Crippen LogP contribution is 2.38. The Morgan fingerprint density at radius 2 is 1.86 bits per heavy atom. The third-order valence-electron chi connectivity index (χ3n) is 8.26. The summed E-state index contributed by atoms with van der Waals surface area (Å²) >= 11 is 0. The van der Waals surface area contributed by atoms with Crippen molar-refractivity contribution in [1.82, 2.24) is 34.8 Å². The van der Waals surface area contributed by atoms with E-state index in [2.05, 4.69) is 37.1 Å². The van der Waals surface area contributed by atoms with E-state index in [1.54, 1.807) is 11.8 Å². The molecular weight excluding hydrogens is 546 g/mol. The molecule has 0 saturated carbocycles. The summed E-state index contributed by atoms with van der Waals surface area (Å²) in [5, 5.41) is 11.7. The maximum absolute atomic E-state index is 12.4. The number of methoxy groups -OCH3 is 1. The second-order valence-electron chi connectivity index (χ2n) is 10.9. The van der Waals surface area contributed by atoms with Crippen molar-refractivity contribution in [1.29, 1.82) is 0 Å². The second kappa shape index (κ2) is 10.5. The molecule has 7 rings (SSSR count). The maximum Gasteiger partial charge on any atom is 0.246 e. The van der Waals surface area contributed by atoms with Gasteiger partial charge in [-0.25, -0.2) is 19.6 Å². The number of hydrogen-bond donors (Lipinski definition) is 1. The van der Waals surface area contributed by atoms with Crippen molar-refractivity contribution in [2.24, 2.45) is 7.05 Å². The Morgan fingerprint density at radius 1 is 1.05 bits per heavy atom. The van der Waals surface area contributed by atoms with E-state index in [4.69, 9.17) is 14.5 Å². The molecule has 2 unspecified atom stereocenters. The molecule has 5 heterocycles. The molecule has 2 aliphatic rings. The van der Waals surface area contributed by atoms with Gasteiger partial charge in [0, 0.05) is 44.4 Å².